The predicted octanol–water partition coefficient (Wildman–Crippen LogP) is 3.80. The summed E-state index contributed by atoms with van der Waals surface area (Å²) in [4.78, 5) is 0. The monoisotopic (exact) mass is 291 g/mol. The first-order chi connectivity index (χ1) is 9.65. The molecule has 0 heterocycles. The van der Waals surface area contributed by atoms with Crippen LogP contribution < -0.4 is 15.2 Å². The van der Waals surface area contributed by atoms with E-state index in [9.17, 15) is 0 Å². The van der Waals surface area contributed by atoms with Crippen LogP contribution >= 0.6 is 11.6 Å². The maximum Gasteiger partial charge on any atom is 0.137 e. The van der Waals surface area contributed by atoms with E-state index in [0.29, 0.717) is 17.4 Å². The number of halogens is 1. The Morgan fingerprint density at radius 2 is 1.75 bits per heavy atom. The number of hydrogen-bond donors (Lipinski definition) is 1. The van der Waals surface area contributed by atoms with Crippen LogP contribution in [0.25, 0.3) is 0 Å². The molecular weight excluding hydrogens is 274 g/mol. The molecule has 0 aliphatic heterocycles. The Kier molecular flexibility index (Phi) is 4.88. The van der Waals surface area contributed by atoms with Gasteiger partial charge in [0.2, 0.25) is 0 Å². The third-order valence-electron chi connectivity index (χ3n) is 3.08. The molecule has 0 spiro atoms. The molecule has 0 aliphatic carbocycles. The van der Waals surface area contributed by atoms with Crippen molar-refractivity contribution in [2.75, 3.05) is 13.7 Å². The number of methoxy groups -OCH3 is 1. The summed E-state index contributed by atoms with van der Waals surface area (Å²) in [6.45, 7) is 2.61. The van der Waals surface area contributed by atoms with Crippen LogP contribution in [0.3, 0.4) is 0 Å². The molecule has 1 unspecified atom stereocenters. The zero-order valence-corrected chi connectivity index (χ0v) is 12.4. The second-order valence-corrected chi connectivity index (χ2v) is 4.78. The number of benzene rings is 2. The highest BCUT2D eigenvalue weighted by molar-refractivity contribution is 6.32. The van der Waals surface area contributed by atoms with E-state index < -0.39 is 0 Å². The molecule has 3 nitrogen and oxygen atoms in total. The van der Waals surface area contributed by atoms with E-state index in [1.165, 1.54) is 0 Å². The highest BCUT2D eigenvalue weighted by Crippen LogP contribution is 2.29. The molecule has 0 saturated heterocycles. The largest absolute Gasteiger partial charge is 0.495 e. The molecule has 0 aliphatic rings. The van der Waals surface area contributed by atoms with Gasteiger partial charge in [-0.2, -0.15) is 0 Å². The maximum absolute atomic E-state index is 6.27. The van der Waals surface area contributed by atoms with Gasteiger partial charge in [-0.1, -0.05) is 29.8 Å². The lowest BCUT2D eigenvalue weighted by Gasteiger charge is -2.15. The van der Waals surface area contributed by atoms with Crippen molar-refractivity contribution in [3.63, 3.8) is 0 Å². The third-order valence-corrected chi connectivity index (χ3v) is 3.40. The Bertz CT molecular complexity index is 569. The Morgan fingerprint density at radius 3 is 2.35 bits per heavy atom. The molecule has 20 heavy (non-hydrogen) atoms. The van der Waals surface area contributed by atoms with Gasteiger partial charge < -0.3 is 15.2 Å². The Labute approximate surface area is 124 Å². The van der Waals surface area contributed by atoms with E-state index >= 15 is 0 Å². The van der Waals surface area contributed by atoms with Gasteiger partial charge in [0.05, 0.1) is 24.8 Å². The quantitative estimate of drug-likeness (QED) is 0.911. The van der Waals surface area contributed by atoms with Gasteiger partial charge in [0, 0.05) is 0 Å². The van der Waals surface area contributed by atoms with Gasteiger partial charge in [0.15, 0.2) is 0 Å². The average molecular weight is 292 g/mol. The van der Waals surface area contributed by atoms with Crippen LogP contribution in [0, 0.1) is 0 Å². The van der Waals surface area contributed by atoms with Crippen molar-refractivity contribution < 1.29 is 9.47 Å². The lowest BCUT2D eigenvalue weighted by molar-refractivity contribution is 0.340. The van der Waals surface area contributed by atoms with Crippen molar-refractivity contribution in [2.24, 2.45) is 5.73 Å². The number of ether oxygens (including phenoxy) is 2. The van der Waals surface area contributed by atoms with E-state index in [1.54, 1.807) is 13.2 Å². The maximum atomic E-state index is 6.27. The molecule has 0 bridgehead atoms. The molecule has 0 fully saturated rings. The van der Waals surface area contributed by atoms with Gasteiger partial charge in [0.1, 0.15) is 11.5 Å². The topological polar surface area (TPSA) is 44.5 Å². The second kappa shape index (κ2) is 6.64. The SMILES string of the molecule is CCOc1ccc(C(N)c2ccc(Cl)c(OC)c2)cc1. The van der Waals surface area contributed by atoms with Gasteiger partial charge in [-0.3, -0.25) is 0 Å². The van der Waals surface area contributed by atoms with Crippen LogP contribution in [0.5, 0.6) is 11.5 Å². The van der Waals surface area contributed by atoms with Gasteiger partial charge in [-0.05, 0) is 42.3 Å². The zero-order chi connectivity index (χ0) is 14.5. The summed E-state index contributed by atoms with van der Waals surface area (Å²) in [6.07, 6.45) is 0. The lowest BCUT2D eigenvalue weighted by Crippen LogP contribution is -2.11. The van der Waals surface area contributed by atoms with Crippen molar-refractivity contribution in [3.8, 4) is 11.5 Å². The minimum Gasteiger partial charge on any atom is -0.495 e. The summed E-state index contributed by atoms with van der Waals surface area (Å²) in [5, 5.41) is 0.579. The van der Waals surface area contributed by atoms with E-state index in [1.807, 2.05) is 43.3 Å². The summed E-state index contributed by atoms with van der Waals surface area (Å²) >= 11 is 6.02. The number of rotatable bonds is 5. The third kappa shape index (κ3) is 3.24. The molecular formula is C16H18ClNO2. The Hall–Kier alpha value is -1.71. The molecule has 106 valence electrons. The minimum atomic E-state index is -0.225. The average Bonchev–Trinajstić information content (AvgIpc) is 2.48. The van der Waals surface area contributed by atoms with Crippen LogP contribution in [-0.2, 0) is 0 Å². The van der Waals surface area contributed by atoms with Crippen molar-refractivity contribution in [3.05, 3.63) is 58.6 Å². The van der Waals surface area contributed by atoms with Crippen molar-refractivity contribution >= 4 is 11.6 Å². The fraction of sp³-hybridized carbons (Fsp3) is 0.250. The van der Waals surface area contributed by atoms with Crippen molar-refractivity contribution in [1.82, 2.24) is 0 Å². The molecule has 2 aromatic carbocycles. The number of hydrogen-bond acceptors (Lipinski definition) is 3. The van der Waals surface area contributed by atoms with Gasteiger partial charge in [0.25, 0.3) is 0 Å². The molecule has 0 amide bonds. The van der Waals surface area contributed by atoms with E-state index in [2.05, 4.69) is 0 Å². The molecule has 2 N–H and O–H groups in total. The summed E-state index contributed by atoms with van der Waals surface area (Å²) in [5.41, 5.74) is 8.24. The molecule has 0 radical (unpaired) electrons. The fourth-order valence-electron chi connectivity index (χ4n) is 2.00. The van der Waals surface area contributed by atoms with Gasteiger partial charge >= 0.3 is 0 Å². The van der Waals surface area contributed by atoms with E-state index in [0.717, 1.165) is 16.9 Å². The van der Waals surface area contributed by atoms with Gasteiger partial charge in [-0.15, -0.1) is 0 Å². The van der Waals surface area contributed by atoms with Crippen LogP contribution in [0.2, 0.25) is 5.02 Å². The molecule has 2 rings (SSSR count). The normalized spacial score (nSPS) is 12.0. The zero-order valence-electron chi connectivity index (χ0n) is 11.6. The fourth-order valence-corrected chi connectivity index (χ4v) is 2.20. The van der Waals surface area contributed by atoms with Crippen molar-refractivity contribution in [2.45, 2.75) is 13.0 Å². The Morgan fingerprint density at radius 1 is 1.10 bits per heavy atom. The summed E-state index contributed by atoms with van der Waals surface area (Å²) in [6, 6.07) is 13.1. The molecule has 1 atom stereocenters. The summed E-state index contributed by atoms with van der Waals surface area (Å²) in [5.74, 6) is 1.47. The minimum absolute atomic E-state index is 0.225. The molecule has 0 saturated carbocycles. The highest BCUT2D eigenvalue weighted by atomic mass is 35.5. The highest BCUT2D eigenvalue weighted by Gasteiger charge is 2.11. The van der Waals surface area contributed by atoms with E-state index in [4.69, 9.17) is 26.8 Å². The first kappa shape index (κ1) is 14.7. The van der Waals surface area contributed by atoms with E-state index in [-0.39, 0.29) is 6.04 Å². The van der Waals surface area contributed by atoms with Crippen LogP contribution in [0.4, 0.5) is 0 Å². The summed E-state index contributed by atoms with van der Waals surface area (Å²) < 4.78 is 10.6. The van der Waals surface area contributed by atoms with Crippen LogP contribution in [-0.4, -0.2) is 13.7 Å². The standard InChI is InChI=1S/C16H18ClNO2/c1-3-20-13-7-4-11(5-8-13)16(18)12-6-9-14(17)15(10-12)19-2/h4-10,16H,3,18H2,1-2H3. The predicted molar refractivity (Wildman–Crippen MR) is 81.6 cm³/mol. The Balaban J connectivity index is 2.24. The molecule has 4 heteroatoms. The number of nitrogens with two attached hydrogens (primary N) is 1. The lowest BCUT2D eigenvalue weighted by atomic mass is 9.99. The van der Waals surface area contributed by atoms with Gasteiger partial charge in [-0.25, -0.2) is 0 Å². The van der Waals surface area contributed by atoms with Crippen LogP contribution in [0.1, 0.15) is 24.1 Å². The smallest absolute Gasteiger partial charge is 0.137 e. The summed E-state index contributed by atoms with van der Waals surface area (Å²) in [7, 11) is 1.59. The second-order valence-electron chi connectivity index (χ2n) is 4.37. The molecule has 2 aromatic rings. The first-order valence-electron chi connectivity index (χ1n) is 6.47. The molecule has 0 aromatic heterocycles. The first-order valence-corrected chi connectivity index (χ1v) is 6.85. The van der Waals surface area contributed by atoms with Crippen molar-refractivity contribution in [1.29, 1.82) is 0 Å². The van der Waals surface area contributed by atoms with Crippen LogP contribution in [0.15, 0.2) is 42.5 Å².